The molecule has 0 radical (unpaired) electrons. The molecule has 0 aliphatic carbocycles. The fraction of sp³-hybridized carbons (Fsp3) is 0.385. The Morgan fingerprint density at radius 1 is 1.12 bits per heavy atom. The number of benzene rings is 2. The van der Waals surface area contributed by atoms with Crippen molar-refractivity contribution in [3.05, 3.63) is 70.3 Å². The largest absolute Gasteiger partial charge is 0.444 e. The Morgan fingerprint density at radius 3 is 2.56 bits per heavy atom. The van der Waals surface area contributed by atoms with Crippen LogP contribution in [0.4, 0.5) is 10.5 Å². The Morgan fingerprint density at radius 2 is 1.85 bits per heavy atom. The van der Waals surface area contributed by atoms with E-state index in [0.717, 1.165) is 11.1 Å². The summed E-state index contributed by atoms with van der Waals surface area (Å²) in [6.45, 7) is 10.2. The number of hydrogen-bond donors (Lipinski definition) is 1. The Kier molecular flexibility index (Phi) is 7.71. The molecule has 0 fully saturated rings. The van der Waals surface area contributed by atoms with Gasteiger partial charge in [0, 0.05) is 25.2 Å². The molecule has 0 aliphatic heterocycles. The molecule has 1 aromatic heterocycles. The summed E-state index contributed by atoms with van der Waals surface area (Å²) in [5.41, 5.74) is 2.26. The van der Waals surface area contributed by atoms with Crippen LogP contribution in [0.5, 0.6) is 0 Å². The van der Waals surface area contributed by atoms with Gasteiger partial charge >= 0.3 is 6.09 Å². The number of carbonyl (C=O) groups is 2. The van der Waals surface area contributed by atoms with Crippen LogP contribution in [0.1, 0.15) is 45.2 Å². The molecule has 8 nitrogen and oxygen atoms in total. The second-order valence-corrected chi connectivity index (χ2v) is 9.16. The van der Waals surface area contributed by atoms with Crippen LogP contribution in [-0.2, 0) is 22.6 Å². The summed E-state index contributed by atoms with van der Waals surface area (Å²) in [6, 6.07) is 12.8. The molecule has 0 unspecified atom stereocenters. The van der Waals surface area contributed by atoms with Gasteiger partial charge in [-0.1, -0.05) is 30.3 Å². The van der Waals surface area contributed by atoms with Crippen LogP contribution in [0.3, 0.4) is 0 Å². The maximum atomic E-state index is 12.8. The molecule has 8 heteroatoms. The molecule has 1 heterocycles. The number of aryl methyl sites for hydroxylation is 2. The SMILES string of the molecule is CCN(Cc1ccccc1NC(=O)CCn1cnc2c(C)cccc2c1=O)C(=O)OC(C)(C)C. The lowest BCUT2D eigenvalue weighted by Gasteiger charge is -2.27. The lowest BCUT2D eigenvalue weighted by molar-refractivity contribution is -0.116. The first kappa shape index (κ1) is 25.0. The van der Waals surface area contributed by atoms with Crippen molar-refractivity contribution in [2.75, 3.05) is 11.9 Å². The lowest BCUT2D eigenvalue weighted by atomic mass is 10.1. The van der Waals surface area contributed by atoms with Gasteiger partial charge in [0.25, 0.3) is 5.56 Å². The van der Waals surface area contributed by atoms with E-state index in [-0.39, 0.29) is 24.4 Å². The number of hydrogen-bond acceptors (Lipinski definition) is 5. The maximum absolute atomic E-state index is 12.8. The number of rotatable bonds is 7. The van der Waals surface area contributed by atoms with Crippen molar-refractivity contribution in [3.8, 4) is 0 Å². The average molecular weight is 465 g/mol. The number of aromatic nitrogens is 2. The molecule has 34 heavy (non-hydrogen) atoms. The molecule has 3 rings (SSSR count). The van der Waals surface area contributed by atoms with Gasteiger partial charge in [-0.15, -0.1) is 0 Å². The quantitative estimate of drug-likeness (QED) is 0.556. The zero-order valence-corrected chi connectivity index (χ0v) is 20.4. The highest BCUT2D eigenvalue weighted by molar-refractivity contribution is 5.91. The van der Waals surface area contributed by atoms with E-state index in [4.69, 9.17) is 4.74 Å². The van der Waals surface area contributed by atoms with Gasteiger partial charge in [-0.25, -0.2) is 9.78 Å². The molecule has 180 valence electrons. The van der Waals surface area contributed by atoms with Gasteiger partial charge in [-0.2, -0.15) is 0 Å². The number of fused-ring (bicyclic) bond motifs is 1. The van der Waals surface area contributed by atoms with Crippen LogP contribution in [0.2, 0.25) is 0 Å². The fourth-order valence-corrected chi connectivity index (χ4v) is 3.55. The van der Waals surface area contributed by atoms with Crippen molar-refractivity contribution in [2.24, 2.45) is 0 Å². The first-order valence-electron chi connectivity index (χ1n) is 11.4. The molecule has 0 aliphatic rings. The van der Waals surface area contributed by atoms with Crippen LogP contribution < -0.4 is 10.9 Å². The number of ether oxygens (including phenoxy) is 1. The Balaban J connectivity index is 1.68. The average Bonchev–Trinajstić information content (AvgIpc) is 2.77. The van der Waals surface area contributed by atoms with Crippen LogP contribution in [0.25, 0.3) is 10.9 Å². The zero-order chi connectivity index (χ0) is 24.9. The summed E-state index contributed by atoms with van der Waals surface area (Å²) in [6.07, 6.45) is 1.19. The van der Waals surface area contributed by atoms with E-state index in [1.165, 1.54) is 10.9 Å². The number of nitrogens with one attached hydrogen (secondary N) is 1. The third-order valence-corrected chi connectivity index (χ3v) is 5.32. The number of para-hydroxylation sites is 2. The lowest BCUT2D eigenvalue weighted by Crippen LogP contribution is -2.36. The second-order valence-electron chi connectivity index (χ2n) is 9.16. The maximum Gasteiger partial charge on any atom is 0.410 e. The van der Waals surface area contributed by atoms with Crippen molar-refractivity contribution < 1.29 is 14.3 Å². The molecule has 3 aromatic rings. The molecule has 1 N–H and O–H groups in total. The Hall–Kier alpha value is -3.68. The van der Waals surface area contributed by atoms with E-state index >= 15 is 0 Å². The predicted octanol–water partition coefficient (Wildman–Crippen LogP) is 4.49. The van der Waals surface area contributed by atoms with Crippen LogP contribution in [0, 0.1) is 6.92 Å². The van der Waals surface area contributed by atoms with E-state index < -0.39 is 11.7 Å². The van der Waals surface area contributed by atoms with E-state index in [1.807, 2.05) is 65.0 Å². The molecule has 0 saturated heterocycles. The summed E-state index contributed by atoms with van der Waals surface area (Å²) in [7, 11) is 0. The summed E-state index contributed by atoms with van der Waals surface area (Å²) in [4.78, 5) is 43.9. The number of anilines is 1. The second kappa shape index (κ2) is 10.5. The number of carbonyl (C=O) groups excluding carboxylic acids is 2. The molecule has 0 atom stereocenters. The van der Waals surface area contributed by atoms with Crippen molar-refractivity contribution in [1.29, 1.82) is 0 Å². The summed E-state index contributed by atoms with van der Waals surface area (Å²) >= 11 is 0. The molecule has 2 aromatic carbocycles. The van der Waals surface area contributed by atoms with Crippen molar-refractivity contribution in [2.45, 2.75) is 59.7 Å². The normalized spacial score (nSPS) is 11.3. The van der Waals surface area contributed by atoms with Gasteiger partial charge in [0.05, 0.1) is 23.8 Å². The fourth-order valence-electron chi connectivity index (χ4n) is 3.55. The van der Waals surface area contributed by atoms with Crippen molar-refractivity contribution >= 4 is 28.6 Å². The summed E-state index contributed by atoms with van der Waals surface area (Å²) in [5.74, 6) is -0.232. The standard InChI is InChI=1S/C26H32N4O4/c1-6-29(25(33)34-26(3,4)5)16-19-11-7-8-13-21(19)28-22(31)14-15-30-17-27-23-18(2)10-9-12-20(23)24(30)32/h7-13,17H,6,14-16H2,1-5H3,(H,28,31). The van der Waals surface area contributed by atoms with Crippen LogP contribution >= 0.6 is 0 Å². The van der Waals surface area contributed by atoms with Crippen molar-refractivity contribution in [1.82, 2.24) is 14.5 Å². The van der Waals surface area contributed by atoms with E-state index in [0.29, 0.717) is 29.7 Å². The van der Waals surface area contributed by atoms with E-state index in [9.17, 15) is 14.4 Å². The van der Waals surface area contributed by atoms with Gasteiger partial charge in [-0.3, -0.25) is 14.2 Å². The van der Waals surface area contributed by atoms with Gasteiger partial charge in [0.15, 0.2) is 0 Å². The van der Waals surface area contributed by atoms with E-state index in [2.05, 4.69) is 10.3 Å². The van der Waals surface area contributed by atoms with Crippen molar-refractivity contribution in [3.63, 3.8) is 0 Å². The molecular formula is C26H32N4O4. The van der Waals surface area contributed by atoms with Crippen LogP contribution in [0.15, 0.2) is 53.6 Å². The first-order chi connectivity index (χ1) is 16.1. The summed E-state index contributed by atoms with van der Waals surface area (Å²) in [5, 5.41) is 3.45. The molecule has 2 amide bonds. The highest BCUT2D eigenvalue weighted by Gasteiger charge is 2.22. The van der Waals surface area contributed by atoms with Gasteiger partial charge in [0.1, 0.15) is 5.60 Å². The smallest absolute Gasteiger partial charge is 0.410 e. The third kappa shape index (κ3) is 6.21. The minimum Gasteiger partial charge on any atom is -0.444 e. The van der Waals surface area contributed by atoms with Gasteiger partial charge in [0.2, 0.25) is 5.91 Å². The monoisotopic (exact) mass is 464 g/mol. The topological polar surface area (TPSA) is 93.5 Å². The minimum atomic E-state index is -0.591. The Labute approximate surface area is 199 Å². The van der Waals surface area contributed by atoms with E-state index in [1.54, 1.807) is 17.0 Å². The van der Waals surface area contributed by atoms with Crippen LogP contribution in [-0.4, -0.2) is 38.6 Å². The highest BCUT2D eigenvalue weighted by atomic mass is 16.6. The summed E-state index contributed by atoms with van der Waals surface area (Å²) < 4.78 is 6.93. The number of nitrogens with zero attached hydrogens (tertiary/aromatic N) is 3. The first-order valence-corrected chi connectivity index (χ1v) is 11.4. The highest BCUT2D eigenvalue weighted by Crippen LogP contribution is 2.19. The molecule has 0 bridgehead atoms. The zero-order valence-electron chi connectivity index (χ0n) is 20.4. The van der Waals surface area contributed by atoms with Gasteiger partial charge < -0.3 is 15.0 Å². The van der Waals surface area contributed by atoms with Gasteiger partial charge in [-0.05, 0) is 57.9 Å². The molecule has 0 spiro atoms. The number of amides is 2. The minimum absolute atomic E-state index is 0.108. The predicted molar refractivity (Wildman–Crippen MR) is 133 cm³/mol. The Bertz CT molecular complexity index is 1240. The molecule has 0 saturated carbocycles. The molecular weight excluding hydrogens is 432 g/mol. The third-order valence-electron chi connectivity index (χ3n) is 5.32.